The minimum atomic E-state index is -0.718. The van der Waals surface area contributed by atoms with Crippen molar-refractivity contribution in [2.45, 2.75) is 33.4 Å². The number of nitrogens with zero attached hydrogens (tertiary/aromatic N) is 3. The predicted molar refractivity (Wildman–Crippen MR) is 132 cm³/mol. The SMILES string of the molecule is CCOC(=O)C1=C(C)NC(=O)NC1c1ccc(OCc2cn(-c3ccc(C(C)=O)cc3)nn2)c(OC)c1. The molecule has 0 spiro atoms. The monoisotopic (exact) mass is 505 g/mol. The maximum atomic E-state index is 12.6. The first-order valence-electron chi connectivity index (χ1n) is 11.6. The largest absolute Gasteiger partial charge is 0.493 e. The van der Waals surface area contributed by atoms with Crippen LogP contribution in [0.25, 0.3) is 5.69 Å². The van der Waals surface area contributed by atoms with Gasteiger partial charge in [-0.25, -0.2) is 14.3 Å². The van der Waals surface area contributed by atoms with Crippen molar-refractivity contribution >= 4 is 17.8 Å². The van der Waals surface area contributed by atoms with Crippen molar-refractivity contribution < 1.29 is 28.6 Å². The van der Waals surface area contributed by atoms with Crippen molar-refractivity contribution in [3.8, 4) is 17.2 Å². The van der Waals surface area contributed by atoms with E-state index < -0.39 is 18.0 Å². The fraction of sp³-hybridized carbons (Fsp3) is 0.269. The molecule has 1 unspecified atom stereocenters. The van der Waals surface area contributed by atoms with Gasteiger partial charge in [0.2, 0.25) is 0 Å². The van der Waals surface area contributed by atoms with Gasteiger partial charge in [0.05, 0.1) is 37.2 Å². The zero-order chi connectivity index (χ0) is 26.5. The standard InChI is InChI=1S/C26H27N5O6/c1-5-36-25(33)23-15(2)27-26(34)28-24(23)18-8-11-21(22(12-18)35-4)37-14-19-13-31(30-29-19)20-9-6-17(7-10-20)16(3)32/h6-13,24H,5,14H2,1-4H3,(H2,27,28,34). The molecule has 2 amide bonds. The lowest BCUT2D eigenvalue weighted by atomic mass is 9.95. The molecule has 2 heterocycles. The summed E-state index contributed by atoms with van der Waals surface area (Å²) in [5.41, 5.74) is 3.31. The number of methoxy groups -OCH3 is 1. The average molecular weight is 506 g/mol. The van der Waals surface area contributed by atoms with Gasteiger partial charge < -0.3 is 24.8 Å². The fourth-order valence-corrected chi connectivity index (χ4v) is 3.90. The molecule has 2 aromatic carbocycles. The summed E-state index contributed by atoms with van der Waals surface area (Å²) in [5, 5.41) is 13.6. The fourth-order valence-electron chi connectivity index (χ4n) is 3.90. The van der Waals surface area contributed by atoms with Gasteiger partial charge >= 0.3 is 12.0 Å². The summed E-state index contributed by atoms with van der Waals surface area (Å²) < 4.78 is 18.2. The van der Waals surface area contributed by atoms with Crippen LogP contribution >= 0.6 is 0 Å². The van der Waals surface area contributed by atoms with Gasteiger partial charge in [0.15, 0.2) is 17.3 Å². The van der Waals surface area contributed by atoms with Gasteiger partial charge in [-0.15, -0.1) is 5.10 Å². The zero-order valence-electron chi connectivity index (χ0n) is 20.9. The van der Waals surface area contributed by atoms with E-state index in [2.05, 4.69) is 20.9 Å². The Balaban J connectivity index is 1.51. The highest BCUT2D eigenvalue weighted by molar-refractivity contribution is 5.95. The van der Waals surface area contributed by atoms with E-state index in [1.54, 1.807) is 67.2 Å². The molecule has 4 rings (SSSR count). The third kappa shape index (κ3) is 5.61. The van der Waals surface area contributed by atoms with Gasteiger partial charge in [-0.2, -0.15) is 0 Å². The van der Waals surface area contributed by atoms with Crippen LogP contribution in [0, 0.1) is 0 Å². The Kier molecular flexibility index (Phi) is 7.52. The Labute approximate surface area is 213 Å². The Hall–Kier alpha value is -4.67. The number of ketones is 1. The van der Waals surface area contributed by atoms with E-state index in [9.17, 15) is 14.4 Å². The molecule has 37 heavy (non-hydrogen) atoms. The van der Waals surface area contributed by atoms with E-state index in [0.29, 0.717) is 39.6 Å². The van der Waals surface area contributed by atoms with Gasteiger partial charge in [-0.1, -0.05) is 11.3 Å². The molecule has 0 fully saturated rings. The Morgan fingerprint density at radius 2 is 1.86 bits per heavy atom. The van der Waals surface area contributed by atoms with Crippen molar-refractivity contribution in [1.29, 1.82) is 0 Å². The first-order chi connectivity index (χ1) is 17.8. The molecule has 0 saturated carbocycles. The number of hydrogen-bond donors (Lipinski definition) is 2. The Morgan fingerprint density at radius 1 is 1.11 bits per heavy atom. The number of aromatic nitrogens is 3. The molecule has 2 N–H and O–H groups in total. The average Bonchev–Trinajstić information content (AvgIpc) is 3.36. The van der Waals surface area contributed by atoms with Crippen LogP contribution in [-0.4, -0.2) is 46.5 Å². The molecule has 11 heteroatoms. The highest BCUT2D eigenvalue weighted by Crippen LogP contribution is 2.35. The zero-order valence-corrected chi connectivity index (χ0v) is 20.9. The number of amides is 2. The summed E-state index contributed by atoms with van der Waals surface area (Å²) in [6.07, 6.45) is 1.73. The van der Waals surface area contributed by atoms with Crippen LogP contribution < -0.4 is 20.1 Å². The van der Waals surface area contributed by atoms with E-state index in [4.69, 9.17) is 14.2 Å². The molecule has 1 aliphatic rings. The van der Waals surface area contributed by atoms with Crippen LogP contribution in [0.3, 0.4) is 0 Å². The van der Waals surface area contributed by atoms with Crippen molar-refractivity contribution in [3.63, 3.8) is 0 Å². The molecule has 1 aromatic heterocycles. The molecular formula is C26H27N5O6. The predicted octanol–water partition coefficient (Wildman–Crippen LogP) is 3.25. The third-order valence-electron chi connectivity index (χ3n) is 5.74. The number of nitrogens with one attached hydrogen (secondary N) is 2. The molecule has 192 valence electrons. The van der Waals surface area contributed by atoms with Gasteiger partial charge in [0, 0.05) is 11.3 Å². The minimum absolute atomic E-state index is 0.00926. The molecule has 0 bridgehead atoms. The molecule has 0 radical (unpaired) electrons. The summed E-state index contributed by atoms with van der Waals surface area (Å²) in [7, 11) is 1.50. The van der Waals surface area contributed by atoms with E-state index in [0.717, 1.165) is 5.69 Å². The van der Waals surface area contributed by atoms with Crippen LogP contribution in [0.2, 0.25) is 0 Å². The van der Waals surface area contributed by atoms with E-state index >= 15 is 0 Å². The maximum absolute atomic E-state index is 12.6. The van der Waals surface area contributed by atoms with Crippen molar-refractivity contribution in [2.24, 2.45) is 0 Å². The normalized spacial score (nSPS) is 15.0. The first kappa shape index (κ1) is 25.4. The Bertz CT molecular complexity index is 1360. The number of benzene rings is 2. The highest BCUT2D eigenvalue weighted by atomic mass is 16.5. The number of Topliss-reactive ketones (excluding diaryl/α,β-unsaturated/α-hetero) is 1. The second-order valence-corrected chi connectivity index (χ2v) is 8.25. The molecule has 1 atom stereocenters. The van der Waals surface area contributed by atoms with Crippen molar-refractivity contribution in [2.75, 3.05) is 13.7 Å². The number of allylic oxidation sites excluding steroid dienone is 1. The van der Waals surface area contributed by atoms with Gasteiger partial charge in [0.25, 0.3) is 0 Å². The Morgan fingerprint density at radius 3 is 2.54 bits per heavy atom. The van der Waals surface area contributed by atoms with E-state index in [1.807, 2.05) is 0 Å². The summed E-state index contributed by atoms with van der Waals surface area (Å²) >= 11 is 0. The first-order valence-corrected chi connectivity index (χ1v) is 11.6. The lowest BCUT2D eigenvalue weighted by molar-refractivity contribution is -0.139. The summed E-state index contributed by atoms with van der Waals surface area (Å²) in [5.74, 6) is 0.337. The lowest BCUT2D eigenvalue weighted by Crippen LogP contribution is -2.45. The molecule has 11 nitrogen and oxygen atoms in total. The van der Waals surface area contributed by atoms with Crippen LogP contribution in [0.15, 0.2) is 59.9 Å². The number of ether oxygens (including phenoxy) is 3. The summed E-state index contributed by atoms with van der Waals surface area (Å²) in [4.78, 5) is 36.2. The molecule has 3 aromatic rings. The number of urea groups is 1. The van der Waals surface area contributed by atoms with Crippen LogP contribution in [-0.2, 0) is 16.1 Å². The number of rotatable bonds is 9. The van der Waals surface area contributed by atoms with Crippen molar-refractivity contribution in [3.05, 3.63) is 76.8 Å². The maximum Gasteiger partial charge on any atom is 0.338 e. The topological polar surface area (TPSA) is 134 Å². The second-order valence-electron chi connectivity index (χ2n) is 8.25. The molecule has 0 saturated heterocycles. The van der Waals surface area contributed by atoms with Gasteiger partial charge in [0.1, 0.15) is 12.3 Å². The molecule has 0 aliphatic carbocycles. The quantitative estimate of drug-likeness (QED) is 0.334. The van der Waals surface area contributed by atoms with Gasteiger partial charge in [-0.3, -0.25) is 4.79 Å². The second kappa shape index (κ2) is 10.9. The number of carbonyl (C=O) groups excluding carboxylic acids is 3. The number of carbonyl (C=O) groups is 3. The molecular weight excluding hydrogens is 478 g/mol. The third-order valence-corrected chi connectivity index (χ3v) is 5.74. The van der Waals surface area contributed by atoms with Crippen LogP contribution in [0.4, 0.5) is 4.79 Å². The highest BCUT2D eigenvalue weighted by Gasteiger charge is 2.32. The van der Waals surface area contributed by atoms with Crippen LogP contribution in [0.5, 0.6) is 11.5 Å². The number of hydrogen-bond acceptors (Lipinski definition) is 8. The van der Waals surface area contributed by atoms with E-state index in [1.165, 1.54) is 14.0 Å². The smallest absolute Gasteiger partial charge is 0.338 e. The summed E-state index contributed by atoms with van der Waals surface area (Å²) in [6.45, 7) is 5.21. The van der Waals surface area contributed by atoms with E-state index in [-0.39, 0.29) is 19.0 Å². The lowest BCUT2D eigenvalue weighted by Gasteiger charge is -2.28. The minimum Gasteiger partial charge on any atom is -0.493 e. The number of esters is 1. The molecule has 1 aliphatic heterocycles. The van der Waals surface area contributed by atoms with Crippen LogP contribution in [0.1, 0.15) is 48.4 Å². The van der Waals surface area contributed by atoms with Gasteiger partial charge in [-0.05, 0) is 62.7 Å². The summed E-state index contributed by atoms with van der Waals surface area (Å²) in [6, 6.07) is 11.0. The van der Waals surface area contributed by atoms with Crippen molar-refractivity contribution in [1.82, 2.24) is 25.6 Å².